The van der Waals surface area contributed by atoms with Gasteiger partial charge in [-0.3, -0.25) is 28.0 Å². The van der Waals surface area contributed by atoms with Crippen molar-refractivity contribution in [3.05, 3.63) is 132 Å². The van der Waals surface area contributed by atoms with E-state index in [0.29, 0.717) is 36.5 Å². The summed E-state index contributed by atoms with van der Waals surface area (Å²) >= 11 is 0. The Morgan fingerprint density at radius 2 is 1.17 bits per heavy atom. The summed E-state index contributed by atoms with van der Waals surface area (Å²) in [6.45, 7) is 15.8. The smallest absolute Gasteiger partial charge is 0.418 e. The van der Waals surface area contributed by atoms with Crippen LogP contribution in [0.1, 0.15) is 149 Å². The molecule has 472 valence electrons. The molecule has 8 heterocycles. The van der Waals surface area contributed by atoms with Gasteiger partial charge in [-0.15, -0.1) is 20.4 Å². The topological polar surface area (TPSA) is 282 Å². The van der Waals surface area contributed by atoms with E-state index in [-0.39, 0.29) is 53.4 Å². The molecular formula is C58H70F6N16O7S. The van der Waals surface area contributed by atoms with Crippen LogP contribution in [0.5, 0.6) is 0 Å². The van der Waals surface area contributed by atoms with E-state index in [2.05, 4.69) is 114 Å². The van der Waals surface area contributed by atoms with Gasteiger partial charge in [0.1, 0.15) is 0 Å². The SMILES string of the molecule is C.CCN1CC[C@@H](CC(=O)c2nnc(C(C)(C)C)o2)c2ccc(-c3ccnc(Nc4cnn(C)c4)n3)cc2C1.Cn1cc(Nc2nccc(-c3ccc4c(c3)CNCC[C@H]4CC(=O)c3nnc(C(C)(C)C)o3)n2)cn1.O=S(=O)(OCC(F)(F)F)C(F)(F)F. The minimum atomic E-state index is -6.15. The maximum atomic E-state index is 13.2. The van der Waals surface area contributed by atoms with Crippen LogP contribution in [0.4, 0.5) is 49.6 Å². The summed E-state index contributed by atoms with van der Waals surface area (Å²) in [7, 11) is -2.43. The number of alkyl halides is 6. The average Bonchev–Trinajstić information content (AvgIpc) is 3.80. The fraction of sp³-hybridized carbons (Fsp3) is 0.448. The van der Waals surface area contributed by atoms with Crippen LogP contribution in [0, 0.1) is 0 Å². The summed E-state index contributed by atoms with van der Waals surface area (Å²) in [5, 5.41) is 34.5. The second kappa shape index (κ2) is 27.8. The lowest BCUT2D eigenvalue weighted by Gasteiger charge is -2.18. The van der Waals surface area contributed by atoms with Gasteiger partial charge in [0.05, 0.1) is 35.2 Å². The highest BCUT2D eigenvalue weighted by Gasteiger charge is 2.49. The number of nitrogens with zero attached hydrogens (tertiary/aromatic N) is 13. The molecule has 2 aromatic carbocycles. The summed E-state index contributed by atoms with van der Waals surface area (Å²) < 4.78 is 105. The van der Waals surface area contributed by atoms with Gasteiger partial charge in [-0.25, -0.2) is 19.9 Å². The molecule has 0 aliphatic carbocycles. The highest BCUT2D eigenvalue weighted by atomic mass is 32.2. The van der Waals surface area contributed by atoms with Gasteiger partial charge < -0.3 is 24.8 Å². The van der Waals surface area contributed by atoms with Gasteiger partial charge in [0.2, 0.25) is 35.2 Å². The second-order valence-corrected chi connectivity index (χ2v) is 24.4. The number of ketones is 2. The standard InChI is InChI=1S/C28H34N8O2.C26H30N8O2.C3H2F6O3S.CH4/c1-6-36-12-10-18(14-24(37)25-33-34-26(38-25)28(2,3)4)22-8-7-19(13-20(22)16-36)23-9-11-29-27(32-23)31-21-15-30-35(5)17-21;1-26(2,3)24-33-32-23(36-24)22(35)12-16-7-9-27-13-18-11-17(5-6-20(16)18)21-8-10-28-25(31-21)30-19-14-29-34(4)15-19;4-2(5,6)1-12-13(10,11)3(7,8)9;/h7-9,11,13,15,17-18H,6,10,12,14,16H2,1-5H3,(H,29,31,32);5-6,8,10-11,14-16,27H,7,9,12-13H2,1-4H3,(H,28,30,31);1H2;1H4/t18-;16-;;/m00../s1. The molecule has 0 amide bonds. The Bertz CT molecular complexity index is 3790. The molecule has 0 unspecified atom stereocenters. The Balaban J connectivity index is 0.000000208. The molecule has 0 spiro atoms. The van der Waals surface area contributed by atoms with E-state index in [1.807, 2.05) is 80.2 Å². The molecule has 3 N–H and O–H groups in total. The molecule has 6 aromatic heterocycles. The van der Waals surface area contributed by atoms with E-state index in [1.165, 1.54) is 11.1 Å². The van der Waals surface area contributed by atoms with E-state index in [9.17, 15) is 44.3 Å². The lowest BCUT2D eigenvalue weighted by Crippen LogP contribution is -2.29. The molecule has 88 heavy (non-hydrogen) atoms. The number of nitrogens with one attached hydrogen (secondary N) is 3. The first kappa shape index (κ1) is 67.2. The lowest BCUT2D eigenvalue weighted by atomic mass is 9.87. The van der Waals surface area contributed by atoms with Gasteiger partial charge in [0, 0.05) is 86.8 Å². The van der Waals surface area contributed by atoms with Crippen LogP contribution in [0.2, 0.25) is 0 Å². The van der Waals surface area contributed by atoms with Gasteiger partial charge in [-0.2, -0.15) is 45.0 Å². The maximum Gasteiger partial charge on any atom is 0.523 e. The summed E-state index contributed by atoms with van der Waals surface area (Å²) in [5.74, 6) is 2.05. The van der Waals surface area contributed by atoms with E-state index < -0.39 is 28.4 Å². The normalized spacial score (nSPS) is 15.6. The zero-order chi connectivity index (χ0) is 63.1. The zero-order valence-corrected chi connectivity index (χ0v) is 50.0. The first-order valence-electron chi connectivity index (χ1n) is 27.5. The number of benzene rings is 2. The Kier molecular flexibility index (Phi) is 21.2. The maximum absolute atomic E-state index is 13.2. The lowest BCUT2D eigenvalue weighted by molar-refractivity contribution is -0.156. The first-order chi connectivity index (χ1) is 40.9. The molecule has 0 bridgehead atoms. The number of fused-ring (bicyclic) bond motifs is 2. The monoisotopic (exact) mass is 1250 g/mol. The van der Waals surface area contributed by atoms with Crippen LogP contribution < -0.4 is 16.0 Å². The predicted octanol–water partition coefficient (Wildman–Crippen LogP) is 11.1. The molecule has 2 aliphatic heterocycles. The van der Waals surface area contributed by atoms with Gasteiger partial charge in [-0.1, -0.05) is 80.2 Å². The van der Waals surface area contributed by atoms with Crippen molar-refractivity contribution < 1.29 is 57.4 Å². The molecule has 2 atom stereocenters. The van der Waals surface area contributed by atoms with Crippen molar-refractivity contribution in [3.8, 4) is 22.5 Å². The van der Waals surface area contributed by atoms with Crippen LogP contribution in [-0.2, 0) is 52.3 Å². The number of aryl methyl sites for hydroxylation is 2. The zero-order valence-electron chi connectivity index (χ0n) is 49.2. The number of hydrogen-bond donors (Lipinski definition) is 3. The molecule has 0 fully saturated rings. The molecule has 10 rings (SSSR count). The third-order valence-corrected chi connectivity index (χ3v) is 14.7. The highest BCUT2D eigenvalue weighted by Crippen LogP contribution is 2.37. The average molecular weight is 1250 g/mol. The van der Waals surface area contributed by atoms with E-state index >= 15 is 0 Å². The van der Waals surface area contributed by atoms with Crippen LogP contribution >= 0.6 is 0 Å². The molecule has 0 radical (unpaired) electrons. The minimum Gasteiger partial charge on any atom is -0.418 e. The highest BCUT2D eigenvalue weighted by molar-refractivity contribution is 7.87. The Morgan fingerprint density at radius 3 is 1.60 bits per heavy atom. The summed E-state index contributed by atoms with van der Waals surface area (Å²) in [6, 6.07) is 16.5. The van der Waals surface area contributed by atoms with Crippen LogP contribution in [-0.4, -0.2) is 123 Å². The van der Waals surface area contributed by atoms with Crippen molar-refractivity contribution in [3.63, 3.8) is 0 Å². The number of anilines is 4. The Hall–Kier alpha value is -8.35. The summed E-state index contributed by atoms with van der Waals surface area (Å²) in [5.41, 5.74) is 3.59. The number of halogens is 6. The number of carbonyl (C=O) groups excluding carboxylic acids is 2. The van der Waals surface area contributed by atoms with Crippen LogP contribution in [0.15, 0.2) is 94.5 Å². The number of hydrogen-bond acceptors (Lipinski definition) is 21. The Labute approximate surface area is 504 Å². The fourth-order valence-electron chi connectivity index (χ4n) is 9.28. The van der Waals surface area contributed by atoms with Crippen molar-refractivity contribution in [2.24, 2.45) is 14.1 Å². The molecular weight excluding hydrogens is 1180 g/mol. The minimum absolute atomic E-state index is 0. The molecule has 0 saturated carbocycles. The summed E-state index contributed by atoms with van der Waals surface area (Å²) in [6.07, 6.45) is 7.96. The predicted molar refractivity (Wildman–Crippen MR) is 313 cm³/mol. The number of carbonyl (C=O) groups is 2. The van der Waals surface area contributed by atoms with Crippen molar-refractivity contribution in [1.29, 1.82) is 0 Å². The van der Waals surface area contributed by atoms with Crippen molar-refractivity contribution in [1.82, 2.24) is 70.1 Å². The molecule has 8 aromatic rings. The van der Waals surface area contributed by atoms with Crippen molar-refractivity contribution in [2.45, 2.75) is 129 Å². The van der Waals surface area contributed by atoms with Crippen LogP contribution in [0.3, 0.4) is 0 Å². The molecule has 23 nitrogen and oxygen atoms in total. The van der Waals surface area contributed by atoms with Gasteiger partial charge in [-0.05, 0) is 90.8 Å². The largest absolute Gasteiger partial charge is 0.523 e. The van der Waals surface area contributed by atoms with Gasteiger partial charge >= 0.3 is 21.8 Å². The summed E-state index contributed by atoms with van der Waals surface area (Å²) in [4.78, 5) is 46.7. The number of Topliss-reactive ketones (excluding diaryl/α,β-unsaturated/α-hetero) is 2. The van der Waals surface area contributed by atoms with Crippen molar-refractivity contribution >= 4 is 45.0 Å². The molecule has 30 heteroatoms. The third-order valence-electron chi connectivity index (χ3n) is 13.7. The van der Waals surface area contributed by atoms with Crippen molar-refractivity contribution in [2.75, 3.05) is 36.9 Å². The van der Waals surface area contributed by atoms with Gasteiger partial charge in [0.25, 0.3) is 11.8 Å². The van der Waals surface area contributed by atoms with Crippen LogP contribution in [0.25, 0.3) is 22.5 Å². The second-order valence-electron chi connectivity index (χ2n) is 22.8. The number of aromatic nitrogens is 12. The van der Waals surface area contributed by atoms with E-state index in [1.54, 1.807) is 34.2 Å². The van der Waals surface area contributed by atoms with E-state index in [0.717, 1.165) is 90.6 Å². The quantitative estimate of drug-likeness (QED) is 0.0372. The fourth-order valence-corrected chi connectivity index (χ4v) is 9.70. The van der Waals surface area contributed by atoms with E-state index in [4.69, 9.17) is 13.8 Å². The first-order valence-corrected chi connectivity index (χ1v) is 29.0. The Morgan fingerprint density at radius 1 is 0.693 bits per heavy atom. The third kappa shape index (κ3) is 17.9. The number of rotatable bonds is 15. The molecule has 0 saturated heterocycles. The van der Waals surface area contributed by atoms with Gasteiger partial charge in [0.15, 0.2) is 6.61 Å². The molecule has 2 aliphatic rings.